The maximum absolute atomic E-state index is 12.6. The number of nitrogens with zero attached hydrogens (tertiary/aromatic N) is 2. The second-order valence-electron chi connectivity index (χ2n) is 7.32. The molecule has 0 aromatic heterocycles. The van der Waals surface area contributed by atoms with E-state index in [0.717, 1.165) is 0 Å². The van der Waals surface area contributed by atoms with Gasteiger partial charge in [0.15, 0.2) is 0 Å². The lowest BCUT2D eigenvalue weighted by atomic mass is 9.78. The molecule has 144 valence electrons. The highest BCUT2D eigenvalue weighted by molar-refractivity contribution is 7.92. The van der Waals surface area contributed by atoms with Gasteiger partial charge in [0.2, 0.25) is 15.9 Å². The summed E-state index contributed by atoms with van der Waals surface area (Å²) in [5.74, 6) is -2.86. The molecule has 27 heavy (non-hydrogen) atoms. The summed E-state index contributed by atoms with van der Waals surface area (Å²) in [5.41, 5.74) is 1.44. The van der Waals surface area contributed by atoms with Crippen LogP contribution in [0.15, 0.2) is 35.5 Å². The molecule has 0 aliphatic carbocycles. The zero-order valence-electron chi connectivity index (χ0n) is 14.9. The number of carbonyl (C=O) groups is 2. The van der Waals surface area contributed by atoms with Gasteiger partial charge in [-0.15, -0.1) is 0 Å². The van der Waals surface area contributed by atoms with E-state index in [0.29, 0.717) is 16.8 Å². The predicted octanol–water partition coefficient (Wildman–Crippen LogP) is 0.533. The third kappa shape index (κ3) is 2.41. The normalized spacial score (nSPS) is 29.4. The number of β-lactam (4-membered cyclic amide) rings is 1. The van der Waals surface area contributed by atoms with Crippen molar-refractivity contribution >= 4 is 27.6 Å². The lowest BCUT2D eigenvalue weighted by molar-refractivity contribution is -0.163. The predicted molar refractivity (Wildman–Crippen MR) is 96.0 cm³/mol. The summed E-state index contributed by atoms with van der Waals surface area (Å²) in [6.07, 6.45) is -0.896. The summed E-state index contributed by atoms with van der Waals surface area (Å²) in [5, 5.41) is 19.6. The first-order valence-electron chi connectivity index (χ1n) is 8.71. The Kier molecular flexibility index (Phi) is 3.87. The molecule has 1 amide bonds. The van der Waals surface area contributed by atoms with Gasteiger partial charge in [0, 0.05) is 5.92 Å². The average molecular weight is 392 g/mol. The number of sulfonamides is 1. The maximum Gasteiger partial charge on any atom is 0.352 e. The van der Waals surface area contributed by atoms with Crippen molar-refractivity contribution in [1.82, 2.24) is 4.90 Å². The van der Waals surface area contributed by atoms with Crippen LogP contribution in [0.2, 0.25) is 0 Å². The molecule has 3 aliphatic heterocycles. The number of amides is 1. The number of aliphatic hydroxyl groups is 1. The minimum absolute atomic E-state index is 0.116. The van der Waals surface area contributed by atoms with Crippen molar-refractivity contribution in [1.29, 1.82) is 0 Å². The fraction of sp³-hybridized carbons (Fsp3) is 0.444. The summed E-state index contributed by atoms with van der Waals surface area (Å²) in [6.45, 7) is 3.17. The Hall–Kier alpha value is -2.39. The fourth-order valence-electron chi connectivity index (χ4n) is 4.49. The maximum atomic E-state index is 12.6. The van der Waals surface area contributed by atoms with Crippen molar-refractivity contribution in [2.75, 3.05) is 10.8 Å². The third-order valence-electron chi connectivity index (χ3n) is 5.77. The van der Waals surface area contributed by atoms with E-state index in [1.165, 1.54) is 16.1 Å². The minimum Gasteiger partial charge on any atom is -0.477 e. The molecule has 4 atom stereocenters. The van der Waals surface area contributed by atoms with E-state index in [-0.39, 0.29) is 23.9 Å². The van der Waals surface area contributed by atoms with Crippen LogP contribution in [0, 0.1) is 11.8 Å². The van der Waals surface area contributed by atoms with Crippen LogP contribution in [0.25, 0.3) is 0 Å². The smallest absolute Gasteiger partial charge is 0.352 e. The van der Waals surface area contributed by atoms with Crippen LogP contribution in [0.4, 0.5) is 5.69 Å². The molecule has 0 saturated carbocycles. The number of benzene rings is 1. The topological polar surface area (TPSA) is 115 Å². The number of carbonyl (C=O) groups excluding carboxylic acids is 1. The summed E-state index contributed by atoms with van der Waals surface area (Å²) in [6, 6.07) is 6.46. The molecule has 9 heteroatoms. The number of fused-ring (bicyclic) bond motifs is 2. The Balaban J connectivity index is 1.75. The first-order valence-corrected chi connectivity index (χ1v) is 10.3. The Morgan fingerprint density at radius 2 is 2.00 bits per heavy atom. The highest BCUT2D eigenvalue weighted by Gasteiger charge is 2.60. The van der Waals surface area contributed by atoms with Crippen LogP contribution in [-0.2, 0) is 25.4 Å². The van der Waals surface area contributed by atoms with Gasteiger partial charge in [0.05, 0.1) is 36.0 Å². The molecule has 0 spiro atoms. The molecule has 8 nitrogen and oxygen atoms in total. The largest absolute Gasteiger partial charge is 0.477 e. The molecule has 4 unspecified atom stereocenters. The SMILES string of the molecule is CC(O)C1C(=O)N2C(C(=O)O)=C(CN3c4ccccc4CS3(=O)=O)C(C)C12. The van der Waals surface area contributed by atoms with E-state index in [4.69, 9.17) is 0 Å². The standard InChI is InChI=1S/C18H20N2O6S/c1-9-12(7-19-13-6-4-3-5-11(13)8-27(19,25)26)16(18(23)24)20-15(9)14(10(2)21)17(20)22/h3-6,9-10,14-15,21H,7-8H2,1-2H3,(H,23,24). The number of hydrogen-bond donors (Lipinski definition) is 2. The molecule has 2 N–H and O–H groups in total. The Bertz CT molecular complexity index is 983. The van der Waals surface area contributed by atoms with Gasteiger partial charge < -0.3 is 15.1 Å². The fourth-order valence-corrected chi connectivity index (χ4v) is 6.10. The van der Waals surface area contributed by atoms with Crippen molar-refractivity contribution < 1.29 is 28.2 Å². The Morgan fingerprint density at radius 3 is 2.63 bits per heavy atom. The number of rotatable bonds is 4. The number of aliphatic carboxylic acids is 1. The highest BCUT2D eigenvalue weighted by atomic mass is 32.2. The van der Waals surface area contributed by atoms with E-state index < -0.39 is 40.0 Å². The quantitative estimate of drug-likeness (QED) is 0.723. The van der Waals surface area contributed by atoms with Crippen molar-refractivity contribution in [3.63, 3.8) is 0 Å². The van der Waals surface area contributed by atoms with Crippen molar-refractivity contribution in [3.8, 4) is 0 Å². The number of carboxylic acid groups (broad SMARTS) is 1. The van der Waals surface area contributed by atoms with Gasteiger partial charge in [-0.1, -0.05) is 25.1 Å². The first-order chi connectivity index (χ1) is 12.6. The molecule has 0 radical (unpaired) electrons. The van der Waals surface area contributed by atoms with Gasteiger partial charge in [0.25, 0.3) is 0 Å². The van der Waals surface area contributed by atoms with Gasteiger partial charge in [0.1, 0.15) is 5.70 Å². The van der Waals surface area contributed by atoms with E-state index in [2.05, 4.69) is 0 Å². The van der Waals surface area contributed by atoms with Crippen LogP contribution in [0.3, 0.4) is 0 Å². The summed E-state index contributed by atoms with van der Waals surface area (Å²) in [7, 11) is -3.61. The van der Waals surface area contributed by atoms with E-state index in [9.17, 15) is 28.2 Å². The average Bonchev–Trinajstić information content (AvgIpc) is 2.97. The lowest BCUT2D eigenvalue weighted by Crippen LogP contribution is -2.63. The molecule has 1 fully saturated rings. The van der Waals surface area contributed by atoms with Gasteiger partial charge in [-0.05, 0) is 24.1 Å². The Labute approximate surface area is 156 Å². The van der Waals surface area contributed by atoms with Gasteiger partial charge in [-0.3, -0.25) is 9.10 Å². The Morgan fingerprint density at radius 1 is 1.33 bits per heavy atom. The molecule has 4 rings (SSSR count). The molecule has 1 aromatic carbocycles. The zero-order chi connectivity index (χ0) is 19.7. The van der Waals surface area contributed by atoms with E-state index >= 15 is 0 Å². The van der Waals surface area contributed by atoms with Crippen LogP contribution < -0.4 is 4.31 Å². The summed E-state index contributed by atoms with van der Waals surface area (Å²) >= 11 is 0. The highest BCUT2D eigenvalue weighted by Crippen LogP contribution is 2.48. The van der Waals surface area contributed by atoms with Crippen molar-refractivity contribution in [2.24, 2.45) is 11.8 Å². The first kappa shape index (κ1) is 18.0. The molecular weight excluding hydrogens is 372 g/mol. The molecule has 3 heterocycles. The van der Waals surface area contributed by atoms with Crippen molar-refractivity contribution in [3.05, 3.63) is 41.1 Å². The van der Waals surface area contributed by atoms with Crippen LogP contribution in [0.5, 0.6) is 0 Å². The van der Waals surface area contributed by atoms with Gasteiger partial charge in [-0.25, -0.2) is 13.2 Å². The second-order valence-corrected chi connectivity index (χ2v) is 9.22. The number of carboxylic acids is 1. The second kappa shape index (κ2) is 5.80. The zero-order valence-corrected chi connectivity index (χ0v) is 15.7. The van der Waals surface area contributed by atoms with E-state index in [1.807, 2.05) is 0 Å². The van der Waals surface area contributed by atoms with Crippen LogP contribution >= 0.6 is 0 Å². The third-order valence-corrected chi connectivity index (χ3v) is 7.44. The van der Waals surface area contributed by atoms with Crippen LogP contribution in [-0.4, -0.2) is 54.1 Å². The molecule has 3 aliphatic rings. The summed E-state index contributed by atoms with van der Waals surface area (Å²) < 4.78 is 26.5. The van der Waals surface area contributed by atoms with Crippen molar-refractivity contribution in [2.45, 2.75) is 31.7 Å². The molecule has 1 saturated heterocycles. The number of para-hydroxylation sites is 1. The monoisotopic (exact) mass is 392 g/mol. The lowest BCUT2D eigenvalue weighted by Gasteiger charge is -2.46. The number of aliphatic hydroxyl groups excluding tert-OH is 1. The minimum atomic E-state index is -3.61. The molecule has 0 bridgehead atoms. The number of anilines is 1. The van der Waals surface area contributed by atoms with Gasteiger partial charge in [-0.2, -0.15) is 0 Å². The molecular formula is C18H20N2O6S. The van der Waals surface area contributed by atoms with Gasteiger partial charge >= 0.3 is 5.97 Å². The van der Waals surface area contributed by atoms with E-state index in [1.54, 1.807) is 31.2 Å². The summed E-state index contributed by atoms with van der Waals surface area (Å²) in [4.78, 5) is 25.5. The molecule has 1 aromatic rings. The number of hydrogen-bond acceptors (Lipinski definition) is 5. The van der Waals surface area contributed by atoms with Crippen LogP contribution in [0.1, 0.15) is 19.4 Å².